The standard InChI is InChI=1S/C20H36N2O3S/c1-4-6-8-9-11-17-21-22(26(3,24)25)19-15-13-18(14-16-19)20(23)12-10-7-5-2/h13-16,20-21,23H,4-12,17H2,1-3H3. The summed E-state index contributed by atoms with van der Waals surface area (Å²) in [7, 11) is -3.41. The molecule has 1 atom stereocenters. The number of hydrazine groups is 1. The van der Waals surface area contributed by atoms with E-state index in [0.29, 0.717) is 12.2 Å². The van der Waals surface area contributed by atoms with Crippen LogP contribution in [-0.4, -0.2) is 26.3 Å². The fraction of sp³-hybridized carbons (Fsp3) is 0.700. The number of aliphatic hydroxyl groups excluding tert-OH is 1. The predicted octanol–water partition coefficient (Wildman–Crippen LogP) is 4.54. The van der Waals surface area contributed by atoms with Crippen LogP contribution in [0.1, 0.15) is 83.3 Å². The van der Waals surface area contributed by atoms with E-state index in [1.807, 2.05) is 12.1 Å². The molecule has 1 rings (SSSR count). The third-order valence-electron chi connectivity index (χ3n) is 4.46. The molecule has 1 unspecified atom stereocenters. The first-order chi connectivity index (χ1) is 12.4. The number of rotatable bonds is 14. The summed E-state index contributed by atoms with van der Waals surface area (Å²) in [6.45, 7) is 4.93. The van der Waals surface area contributed by atoms with Gasteiger partial charge in [0, 0.05) is 6.54 Å². The fourth-order valence-electron chi connectivity index (χ4n) is 2.90. The summed E-state index contributed by atoms with van der Waals surface area (Å²) in [4.78, 5) is 0. The smallest absolute Gasteiger partial charge is 0.245 e. The molecule has 2 N–H and O–H groups in total. The molecular formula is C20H36N2O3S. The number of unbranched alkanes of at least 4 members (excludes halogenated alkanes) is 6. The van der Waals surface area contributed by atoms with Gasteiger partial charge >= 0.3 is 0 Å². The second-order valence-electron chi connectivity index (χ2n) is 6.95. The van der Waals surface area contributed by atoms with Crippen molar-refractivity contribution >= 4 is 15.7 Å². The van der Waals surface area contributed by atoms with Crippen molar-refractivity contribution in [3.05, 3.63) is 29.8 Å². The van der Waals surface area contributed by atoms with Crippen LogP contribution in [0.3, 0.4) is 0 Å². The van der Waals surface area contributed by atoms with Gasteiger partial charge in [0.1, 0.15) is 0 Å². The van der Waals surface area contributed by atoms with Gasteiger partial charge in [0.05, 0.1) is 18.0 Å². The largest absolute Gasteiger partial charge is 0.388 e. The number of benzene rings is 1. The Balaban J connectivity index is 2.64. The Labute approximate surface area is 159 Å². The maximum absolute atomic E-state index is 12.1. The van der Waals surface area contributed by atoms with Crippen LogP contribution in [0.15, 0.2) is 24.3 Å². The number of nitrogens with zero attached hydrogens (tertiary/aromatic N) is 1. The van der Waals surface area contributed by atoms with Crippen molar-refractivity contribution in [3.63, 3.8) is 0 Å². The lowest BCUT2D eigenvalue weighted by Gasteiger charge is -2.23. The highest BCUT2D eigenvalue weighted by molar-refractivity contribution is 7.92. The van der Waals surface area contributed by atoms with Crippen molar-refractivity contribution in [1.29, 1.82) is 0 Å². The Morgan fingerprint density at radius 2 is 1.54 bits per heavy atom. The molecule has 0 aliphatic rings. The number of sulfonamides is 1. The molecule has 0 amide bonds. The van der Waals surface area contributed by atoms with E-state index in [1.54, 1.807) is 12.1 Å². The summed E-state index contributed by atoms with van der Waals surface area (Å²) < 4.78 is 25.4. The lowest BCUT2D eigenvalue weighted by atomic mass is 10.0. The third kappa shape index (κ3) is 8.52. The van der Waals surface area contributed by atoms with E-state index in [4.69, 9.17) is 0 Å². The van der Waals surface area contributed by atoms with Crippen LogP contribution in [0.4, 0.5) is 5.69 Å². The molecule has 26 heavy (non-hydrogen) atoms. The van der Waals surface area contributed by atoms with E-state index in [1.165, 1.54) is 29.9 Å². The summed E-state index contributed by atoms with van der Waals surface area (Å²) in [5.41, 5.74) is 4.43. The molecule has 0 heterocycles. The summed E-state index contributed by atoms with van der Waals surface area (Å²) in [6.07, 6.45) is 10.3. The molecule has 1 aromatic carbocycles. The van der Waals surface area contributed by atoms with E-state index in [9.17, 15) is 13.5 Å². The zero-order chi connectivity index (χ0) is 19.4. The summed E-state index contributed by atoms with van der Waals surface area (Å²) in [5, 5.41) is 10.2. The molecule has 5 nitrogen and oxygen atoms in total. The molecule has 0 aliphatic carbocycles. The molecule has 0 spiro atoms. The molecule has 150 valence electrons. The molecule has 0 aromatic heterocycles. The van der Waals surface area contributed by atoms with Crippen molar-refractivity contribution < 1.29 is 13.5 Å². The van der Waals surface area contributed by atoms with Gasteiger partial charge in [-0.15, -0.1) is 0 Å². The van der Waals surface area contributed by atoms with E-state index in [-0.39, 0.29) is 0 Å². The van der Waals surface area contributed by atoms with Crippen LogP contribution in [0.5, 0.6) is 0 Å². The third-order valence-corrected chi connectivity index (χ3v) is 5.46. The fourth-order valence-corrected chi connectivity index (χ4v) is 3.73. The molecule has 1 aromatic rings. The second-order valence-corrected chi connectivity index (χ2v) is 8.78. The first-order valence-corrected chi connectivity index (χ1v) is 11.8. The Morgan fingerprint density at radius 1 is 0.962 bits per heavy atom. The minimum Gasteiger partial charge on any atom is -0.388 e. The van der Waals surface area contributed by atoms with Crippen LogP contribution in [0.25, 0.3) is 0 Å². The second kappa shape index (κ2) is 12.3. The SMILES string of the molecule is CCCCCCCNN(c1ccc(C(O)CCCCC)cc1)S(C)(=O)=O. The maximum Gasteiger partial charge on any atom is 0.245 e. The van der Waals surface area contributed by atoms with Crippen LogP contribution in [0, 0.1) is 0 Å². The Kier molecular flexibility index (Phi) is 10.9. The first kappa shape index (κ1) is 22.9. The highest BCUT2D eigenvalue weighted by Gasteiger charge is 2.17. The molecule has 0 saturated carbocycles. The predicted molar refractivity (Wildman–Crippen MR) is 110 cm³/mol. The summed E-state index contributed by atoms with van der Waals surface area (Å²) in [6, 6.07) is 7.13. The van der Waals surface area contributed by atoms with Gasteiger partial charge in [0.15, 0.2) is 0 Å². The van der Waals surface area contributed by atoms with Crippen LogP contribution < -0.4 is 9.84 Å². The van der Waals surface area contributed by atoms with Gasteiger partial charge in [-0.1, -0.05) is 70.9 Å². The van der Waals surface area contributed by atoms with Gasteiger partial charge in [0.2, 0.25) is 10.0 Å². The molecule has 0 saturated heterocycles. The number of aliphatic hydroxyl groups is 1. The number of anilines is 1. The van der Waals surface area contributed by atoms with E-state index in [0.717, 1.165) is 44.1 Å². The highest BCUT2D eigenvalue weighted by atomic mass is 32.2. The van der Waals surface area contributed by atoms with Crippen LogP contribution >= 0.6 is 0 Å². The van der Waals surface area contributed by atoms with E-state index in [2.05, 4.69) is 19.3 Å². The van der Waals surface area contributed by atoms with E-state index < -0.39 is 16.1 Å². The average molecular weight is 385 g/mol. The van der Waals surface area contributed by atoms with Gasteiger partial charge < -0.3 is 5.11 Å². The Bertz CT molecular complexity index is 588. The molecule has 6 heteroatoms. The highest BCUT2D eigenvalue weighted by Crippen LogP contribution is 2.23. The average Bonchev–Trinajstić information content (AvgIpc) is 2.60. The van der Waals surface area contributed by atoms with Gasteiger partial charge in [0.25, 0.3) is 0 Å². The first-order valence-electron chi connectivity index (χ1n) is 9.92. The normalized spacial score (nSPS) is 12.9. The Morgan fingerprint density at radius 3 is 2.12 bits per heavy atom. The van der Waals surface area contributed by atoms with Gasteiger partial charge in [-0.05, 0) is 30.5 Å². The lowest BCUT2D eigenvalue weighted by molar-refractivity contribution is 0.163. The van der Waals surface area contributed by atoms with Crippen molar-refractivity contribution in [2.45, 2.75) is 77.7 Å². The molecule has 0 aliphatic heterocycles. The van der Waals surface area contributed by atoms with E-state index >= 15 is 0 Å². The summed E-state index contributed by atoms with van der Waals surface area (Å²) >= 11 is 0. The van der Waals surface area contributed by atoms with Gasteiger partial charge in [-0.25, -0.2) is 18.3 Å². The van der Waals surface area contributed by atoms with Crippen molar-refractivity contribution in [1.82, 2.24) is 5.43 Å². The monoisotopic (exact) mass is 384 g/mol. The van der Waals surface area contributed by atoms with Crippen LogP contribution in [0.2, 0.25) is 0 Å². The van der Waals surface area contributed by atoms with Crippen LogP contribution in [-0.2, 0) is 10.0 Å². The van der Waals surface area contributed by atoms with Gasteiger partial charge in [-0.2, -0.15) is 0 Å². The number of hydrogen-bond acceptors (Lipinski definition) is 4. The zero-order valence-corrected chi connectivity index (χ0v) is 17.4. The Hall–Kier alpha value is -1.11. The number of hydrogen-bond donors (Lipinski definition) is 2. The minimum atomic E-state index is -3.41. The molecule has 0 radical (unpaired) electrons. The van der Waals surface area contributed by atoms with Crippen molar-refractivity contribution in [2.24, 2.45) is 0 Å². The van der Waals surface area contributed by atoms with Crippen molar-refractivity contribution in [3.8, 4) is 0 Å². The number of nitrogens with one attached hydrogen (secondary N) is 1. The quantitative estimate of drug-likeness (QED) is 0.365. The lowest BCUT2D eigenvalue weighted by Crippen LogP contribution is -2.42. The topological polar surface area (TPSA) is 69.6 Å². The molecule has 0 bridgehead atoms. The molecular weight excluding hydrogens is 348 g/mol. The zero-order valence-electron chi connectivity index (χ0n) is 16.6. The van der Waals surface area contributed by atoms with Crippen molar-refractivity contribution in [2.75, 3.05) is 17.2 Å². The maximum atomic E-state index is 12.1. The summed E-state index contributed by atoms with van der Waals surface area (Å²) in [5.74, 6) is 0. The van der Waals surface area contributed by atoms with Gasteiger partial charge in [-0.3, -0.25) is 0 Å². The molecule has 0 fully saturated rings. The minimum absolute atomic E-state index is 0.492.